The molecule has 3 aliphatic rings. The first-order chi connectivity index (χ1) is 42.6. The number of methoxy groups -OCH3 is 2. The van der Waals surface area contributed by atoms with Crippen molar-refractivity contribution >= 4 is 78.7 Å². The number of hydrogen-bond donors (Lipinski definition) is 0. The van der Waals surface area contributed by atoms with Crippen molar-refractivity contribution < 1.29 is 61.4 Å². The Morgan fingerprint density at radius 3 is 1.84 bits per heavy atom. The van der Waals surface area contributed by atoms with E-state index in [0.29, 0.717) is 17.9 Å². The van der Waals surface area contributed by atoms with Gasteiger partial charge in [-0.25, -0.2) is 9.46 Å². The number of carbonyl (C=O) groups is 4. The predicted octanol–water partition coefficient (Wildman–Crippen LogP) is 16.3. The molecule has 0 saturated carbocycles. The predicted molar refractivity (Wildman–Crippen MR) is 346 cm³/mol. The quantitative estimate of drug-likeness (QED) is 0.0218. The first kappa shape index (κ1) is 67.9. The van der Waals surface area contributed by atoms with Crippen molar-refractivity contribution in [3.05, 3.63) is 173 Å². The maximum Gasteiger partial charge on any atom is 0.340 e. The Morgan fingerprint density at radius 2 is 1.29 bits per heavy atom. The third-order valence-electron chi connectivity index (χ3n) is 16.0. The Hall–Kier alpha value is -6.48. The fourth-order valence-electron chi connectivity index (χ4n) is 11.5. The number of benzene rings is 6. The van der Waals surface area contributed by atoms with Crippen molar-refractivity contribution in [2.45, 2.75) is 137 Å². The van der Waals surface area contributed by atoms with E-state index in [1.54, 1.807) is 73.7 Å². The number of carbonyl (C=O) groups excluding carboxylic acids is 4. The van der Waals surface area contributed by atoms with Crippen LogP contribution in [0.1, 0.15) is 143 Å². The van der Waals surface area contributed by atoms with Gasteiger partial charge in [0.1, 0.15) is 27.9 Å². The number of nitrogens with zero attached hydrogens (tertiary/aromatic N) is 3. The zero-order valence-electron chi connectivity index (χ0n) is 52.7. The zero-order valence-corrected chi connectivity index (χ0v) is 56.6. The number of rotatable bonds is 21. The summed E-state index contributed by atoms with van der Waals surface area (Å²) in [4.78, 5) is 59.5. The highest BCUT2D eigenvalue weighted by Gasteiger charge is 2.56. The molecule has 3 aliphatic heterocycles. The van der Waals surface area contributed by atoms with Crippen molar-refractivity contribution in [3.63, 3.8) is 0 Å². The van der Waals surface area contributed by atoms with Gasteiger partial charge in [-0.3, -0.25) is 14.4 Å². The van der Waals surface area contributed by atoms with Crippen LogP contribution in [0.5, 0.6) is 34.5 Å². The number of hydrogen-bond acceptors (Lipinski definition) is 15. The first-order valence-electron chi connectivity index (χ1n) is 29.7. The second kappa shape index (κ2) is 27.4. The monoisotopic (exact) mass is 1320 g/mol. The van der Waals surface area contributed by atoms with Crippen molar-refractivity contribution in [1.82, 2.24) is 9.57 Å². The number of fused-ring (bicyclic) bond motifs is 6. The number of halogens is 4. The zero-order chi connectivity index (χ0) is 65.4. The summed E-state index contributed by atoms with van der Waals surface area (Å²) in [6.07, 6.45) is -0.387. The molecule has 6 aromatic rings. The minimum Gasteiger partial charge on any atom is -0.497 e. The number of nitriles is 1. The number of aryl methyl sites for hydroxylation is 1. The van der Waals surface area contributed by atoms with Crippen LogP contribution in [-0.4, -0.2) is 91.6 Å². The van der Waals surface area contributed by atoms with Gasteiger partial charge in [-0.05, 0) is 160 Å². The molecule has 9 rings (SSSR count). The summed E-state index contributed by atoms with van der Waals surface area (Å²) in [5.74, 6) is -1.14. The standard InChI is InChI=1S/C69H74Cl4N3O13P/c1-39(2)76(40(3)4)90(84-31-17-30-74)89-49-33-46(38-83-68(43-18-15-14-16-19-43,44-21-25-47(81-12)26-22-44)45-23-27-48(82-13)28-24-45)75(37-49)57(77)29-20-42-32-52-62(58(73)61(42)87-65(80)67(9,10)11)85-59-41(5)60(86-64(79)66(6,7)8)56(72)36-53(59)69(52)51-35-55(71)54(70)34-50(51)63(78)88-69/h14-16,18-19,21-28,32,34-36,39-40,46,49H,17,20,29,31,33,37-38H2,1-13H3/t46-,49+,69?,90?/m0/s1. The Morgan fingerprint density at radius 1 is 0.744 bits per heavy atom. The van der Waals surface area contributed by atoms with E-state index >= 15 is 4.79 Å². The molecule has 0 aliphatic carbocycles. The van der Waals surface area contributed by atoms with E-state index in [-0.39, 0.29) is 133 Å². The largest absolute Gasteiger partial charge is 0.497 e. The molecule has 1 fully saturated rings. The summed E-state index contributed by atoms with van der Waals surface area (Å²) in [5, 5.41) is 9.56. The maximum absolute atomic E-state index is 15.7. The lowest BCUT2D eigenvalue weighted by Gasteiger charge is -2.39. The number of esters is 3. The average molecular weight is 1330 g/mol. The molecule has 476 valence electrons. The fraction of sp³-hybridized carbons (Fsp3) is 0.406. The number of ether oxygens (including phenoxy) is 7. The topological polar surface area (TPSA) is 182 Å². The van der Waals surface area contributed by atoms with Crippen LogP contribution in [0.15, 0.2) is 103 Å². The van der Waals surface area contributed by atoms with E-state index in [2.05, 4.69) is 38.4 Å². The molecule has 0 bridgehead atoms. The number of amides is 1. The van der Waals surface area contributed by atoms with E-state index < -0.39 is 60.6 Å². The van der Waals surface area contributed by atoms with Gasteiger partial charge in [0.2, 0.25) is 5.91 Å². The van der Waals surface area contributed by atoms with Crippen molar-refractivity contribution in [2.75, 3.05) is 34.0 Å². The summed E-state index contributed by atoms with van der Waals surface area (Å²) in [7, 11) is 1.46. The molecular weight excluding hydrogens is 1250 g/mol. The van der Waals surface area contributed by atoms with Crippen LogP contribution in [0, 0.1) is 29.1 Å². The van der Waals surface area contributed by atoms with Crippen LogP contribution in [0.4, 0.5) is 0 Å². The smallest absolute Gasteiger partial charge is 0.340 e. The van der Waals surface area contributed by atoms with Gasteiger partial charge in [0, 0.05) is 47.3 Å². The van der Waals surface area contributed by atoms with Gasteiger partial charge in [-0.2, -0.15) is 5.26 Å². The summed E-state index contributed by atoms with van der Waals surface area (Å²) in [5.41, 5.74) is -1.51. The van der Waals surface area contributed by atoms with Crippen LogP contribution in [0.3, 0.4) is 0 Å². The van der Waals surface area contributed by atoms with Crippen LogP contribution in [-0.2, 0) is 50.5 Å². The SMILES string of the molecule is COc1ccc(C(OC[C@@H]2C[C@@H](OP(OCCC#N)N(C(C)C)C(C)C)CN2C(=O)CCc2cc3c(c(Cl)c2OC(=O)C(C)(C)C)Oc2c(cc(Cl)c(OC(=O)C(C)(C)C)c2C)C32OC(=O)c3cc(Cl)c(Cl)cc32)(c2ccccc2)c2ccc(OC)cc2)cc1. The third kappa shape index (κ3) is 13.4. The normalized spacial score (nSPS) is 17.4. The van der Waals surface area contributed by atoms with Crippen LogP contribution >= 0.6 is 54.9 Å². The molecule has 0 aromatic heterocycles. The summed E-state index contributed by atoms with van der Waals surface area (Å²) < 4.78 is 60.0. The summed E-state index contributed by atoms with van der Waals surface area (Å²) in [6, 6.07) is 32.9. The lowest BCUT2D eigenvalue weighted by Crippen LogP contribution is -2.42. The molecule has 6 aromatic carbocycles. The highest BCUT2D eigenvalue weighted by molar-refractivity contribution is 7.44. The molecule has 1 spiro atoms. The first-order valence-corrected chi connectivity index (χ1v) is 32.3. The molecule has 90 heavy (non-hydrogen) atoms. The lowest BCUT2D eigenvalue weighted by molar-refractivity contribution is -0.143. The van der Waals surface area contributed by atoms with Gasteiger partial charge in [-0.15, -0.1) is 0 Å². The van der Waals surface area contributed by atoms with Crippen molar-refractivity contribution in [1.29, 1.82) is 5.26 Å². The minimum absolute atomic E-state index is 0.00131. The Labute approximate surface area is 547 Å². The second-order valence-electron chi connectivity index (χ2n) is 25.0. The lowest BCUT2D eigenvalue weighted by atomic mass is 9.76. The second-order valence-corrected chi connectivity index (χ2v) is 28.0. The molecular formula is C69H74Cl4N3O13P. The molecule has 0 N–H and O–H groups in total. The third-order valence-corrected chi connectivity index (χ3v) is 19.6. The van der Waals surface area contributed by atoms with Gasteiger partial charge in [0.05, 0.1) is 83.5 Å². The highest BCUT2D eigenvalue weighted by atomic mass is 35.5. The molecule has 2 unspecified atom stereocenters. The number of likely N-dealkylation sites (tertiary alicyclic amines) is 1. The minimum atomic E-state index is -1.92. The van der Waals surface area contributed by atoms with E-state index in [0.717, 1.165) is 16.7 Å². The fourth-order valence-corrected chi connectivity index (χ4v) is 14.1. The van der Waals surface area contributed by atoms with Gasteiger partial charge in [0.25, 0.3) is 8.53 Å². The van der Waals surface area contributed by atoms with Gasteiger partial charge >= 0.3 is 17.9 Å². The maximum atomic E-state index is 15.7. The molecule has 16 nitrogen and oxygen atoms in total. The Bertz CT molecular complexity index is 3680. The van der Waals surface area contributed by atoms with Gasteiger partial charge in [0.15, 0.2) is 22.8 Å². The Balaban J connectivity index is 1.17. The molecule has 21 heteroatoms. The van der Waals surface area contributed by atoms with Gasteiger partial charge < -0.3 is 47.1 Å². The van der Waals surface area contributed by atoms with Crippen LogP contribution in [0.2, 0.25) is 20.1 Å². The van der Waals surface area contributed by atoms with E-state index in [1.807, 2.05) is 78.9 Å². The highest BCUT2D eigenvalue weighted by Crippen LogP contribution is 2.62. The van der Waals surface area contributed by atoms with Crippen LogP contribution in [0.25, 0.3) is 0 Å². The van der Waals surface area contributed by atoms with Gasteiger partial charge in [-0.1, -0.05) is 101 Å². The molecule has 1 saturated heterocycles. The van der Waals surface area contributed by atoms with E-state index in [9.17, 15) is 19.6 Å². The molecule has 4 atom stereocenters. The van der Waals surface area contributed by atoms with E-state index in [1.165, 1.54) is 18.2 Å². The summed E-state index contributed by atoms with van der Waals surface area (Å²) >= 11 is 28.1. The Kier molecular flexibility index (Phi) is 20.7. The van der Waals surface area contributed by atoms with Crippen molar-refractivity contribution in [3.8, 4) is 40.6 Å². The molecule has 3 heterocycles. The van der Waals surface area contributed by atoms with Crippen molar-refractivity contribution in [2.24, 2.45) is 10.8 Å². The van der Waals surface area contributed by atoms with Crippen LogP contribution < -0.4 is 23.7 Å². The summed E-state index contributed by atoms with van der Waals surface area (Å²) in [6.45, 7) is 20.3. The molecule has 0 radical (unpaired) electrons. The van der Waals surface area contributed by atoms with E-state index in [4.69, 9.17) is 88.6 Å². The molecule has 1 amide bonds. The average Bonchev–Trinajstić information content (AvgIpc) is 1.43.